The van der Waals surface area contributed by atoms with E-state index in [-0.39, 0.29) is 16.0 Å². The molecular formula is C23H30BrN3O4S2. The summed E-state index contributed by atoms with van der Waals surface area (Å²) in [6.45, 7) is 8.42. The minimum absolute atomic E-state index is 0.0847. The minimum atomic E-state index is -3.59. The fourth-order valence-corrected chi connectivity index (χ4v) is 4.58. The summed E-state index contributed by atoms with van der Waals surface area (Å²) in [4.78, 5) is 13.0. The van der Waals surface area contributed by atoms with E-state index in [0.29, 0.717) is 35.9 Å². The van der Waals surface area contributed by atoms with E-state index in [1.54, 1.807) is 31.2 Å². The minimum Gasteiger partial charge on any atom is -0.493 e. The molecule has 0 heterocycles. The van der Waals surface area contributed by atoms with Crippen LogP contribution in [-0.2, 0) is 10.0 Å². The van der Waals surface area contributed by atoms with E-state index in [1.165, 1.54) is 12.1 Å². The standard InChI is InChI=1S/C23H30BrN3O4S2/c1-5-16(4)27-33(29,30)19-9-7-18(8-10-19)25-23(32)26-22(28)20-14-17(24)6-11-21(20)31-13-12-15(2)3/h6-11,14-16,27H,5,12-13H2,1-4H3,(H2,25,26,28,32). The van der Waals surface area contributed by atoms with Crippen LogP contribution in [0.4, 0.5) is 5.69 Å². The number of benzene rings is 2. The lowest BCUT2D eigenvalue weighted by Gasteiger charge is -2.15. The van der Waals surface area contributed by atoms with Crippen molar-refractivity contribution in [1.29, 1.82) is 0 Å². The maximum absolute atomic E-state index is 12.8. The summed E-state index contributed by atoms with van der Waals surface area (Å²) < 4.78 is 33.9. The van der Waals surface area contributed by atoms with Crippen LogP contribution < -0.4 is 20.1 Å². The molecule has 180 valence electrons. The smallest absolute Gasteiger partial charge is 0.261 e. The topological polar surface area (TPSA) is 96.5 Å². The third-order valence-corrected chi connectivity index (χ3v) is 7.06. The van der Waals surface area contributed by atoms with Gasteiger partial charge in [-0.3, -0.25) is 10.1 Å². The maximum atomic E-state index is 12.8. The molecule has 2 aromatic rings. The number of hydrogen-bond acceptors (Lipinski definition) is 5. The van der Waals surface area contributed by atoms with E-state index in [9.17, 15) is 13.2 Å². The highest BCUT2D eigenvalue weighted by atomic mass is 79.9. The molecule has 3 N–H and O–H groups in total. The molecule has 0 aliphatic carbocycles. The number of thiocarbonyl (C=S) groups is 1. The molecule has 0 aliphatic heterocycles. The second-order valence-corrected chi connectivity index (χ2v) is 11.1. The predicted molar refractivity (Wildman–Crippen MR) is 139 cm³/mol. The maximum Gasteiger partial charge on any atom is 0.261 e. The Balaban J connectivity index is 2.03. The highest BCUT2D eigenvalue weighted by molar-refractivity contribution is 9.10. The van der Waals surface area contributed by atoms with Crippen LogP contribution in [0.1, 0.15) is 50.9 Å². The van der Waals surface area contributed by atoms with Crippen molar-refractivity contribution < 1.29 is 17.9 Å². The number of hydrogen-bond donors (Lipinski definition) is 3. The van der Waals surface area contributed by atoms with Gasteiger partial charge in [-0.05, 0) is 80.4 Å². The first-order valence-corrected chi connectivity index (χ1v) is 13.4. The van der Waals surface area contributed by atoms with Gasteiger partial charge < -0.3 is 10.1 Å². The summed E-state index contributed by atoms with van der Waals surface area (Å²) in [6.07, 6.45) is 1.56. The Labute approximate surface area is 209 Å². The van der Waals surface area contributed by atoms with Crippen molar-refractivity contribution in [3.05, 3.63) is 52.5 Å². The molecular weight excluding hydrogens is 526 g/mol. The normalized spacial score (nSPS) is 12.3. The first-order valence-electron chi connectivity index (χ1n) is 10.7. The molecule has 2 aromatic carbocycles. The van der Waals surface area contributed by atoms with Crippen LogP contribution >= 0.6 is 28.1 Å². The number of amides is 1. The van der Waals surface area contributed by atoms with Crippen LogP contribution in [-0.4, -0.2) is 32.1 Å². The molecule has 1 unspecified atom stereocenters. The number of nitrogens with one attached hydrogen (secondary N) is 3. The van der Waals surface area contributed by atoms with Crippen molar-refractivity contribution >= 4 is 54.9 Å². The molecule has 0 fully saturated rings. The number of anilines is 1. The van der Waals surface area contributed by atoms with Crippen molar-refractivity contribution in [3.63, 3.8) is 0 Å². The van der Waals surface area contributed by atoms with Crippen LogP contribution in [0.3, 0.4) is 0 Å². The second-order valence-electron chi connectivity index (χ2n) is 8.03. The number of carbonyl (C=O) groups excluding carboxylic acids is 1. The van der Waals surface area contributed by atoms with Gasteiger partial charge in [0, 0.05) is 16.2 Å². The van der Waals surface area contributed by atoms with Gasteiger partial charge in [-0.1, -0.05) is 36.7 Å². The molecule has 7 nitrogen and oxygen atoms in total. The third kappa shape index (κ3) is 8.69. The van der Waals surface area contributed by atoms with Gasteiger partial charge in [0.15, 0.2) is 5.11 Å². The Morgan fingerprint density at radius 1 is 1.12 bits per heavy atom. The van der Waals surface area contributed by atoms with Gasteiger partial charge in [-0.15, -0.1) is 0 Å². The SMILES string of the molecule is CCC(C)NS(=O)(=O)c1ccc(NC(=S)NC(=O)c2cc(Br)ccc2OCCC(C)C)cc1. The number of rotatable bonds is 10. The number of sulfonamides is 1. The van der Waals surface area contributed by atoms with Gasteiger partial charge >= 0.3 is 0 Å². The fraction of sp³-hybridized carbons (Fsp3) is 0.391. The van der Waals surface area contributed by atoms with Crippen molar-refractivity contribution in [2.75, 3.05) is 11.9 Å². The average molecular weight is 557 g/mol. The van der Waals surface area contributed by atoms with Crippen LogP contribution in [0.2, 0.25) is 0 Å². The fourth-order valence-electron chi connectivity index (χ4n) is 2.68. The first-order chi connectivity index (χ1) is 15.5. The lowest BCUT2D eigenvalue weighted by atomic mass is 10.1. The van der Waals surface area contributed by atoms with Crippen molar-refractivity contribution in [2.45, 2.75) is 51.5 Å². The average Bonchev–Trinajstić information content (AvgIpc) is 2.74. The largest absolute Gasteiger partial charge is 0.493 e. The Morgan fingerprint density at radius 3 is 2.39 bits per heavy atom. The molecule has 10 heteroatoms. The van der Waals surface area contributed by atoms with E-state index in [4.69, 9.17) is 17.0 Å². The molecule has 1 amide bonds. The van der Waals surface area contributed by atoms with Crippen molar-refractivity contribution in [3.8, 4) is 5.75 Å². The van der Waals surface area contributed by atoms with Gasteiger partial charge in [0.1, 0.15) is 5.75 Å². The molecule has 33 heavy (non-hydrogen) atoms. The predicted octanol–water partition coefficient (Wildman–Crippen LogP) is 5.08. The highest BCUT2D eigenvalue weighted by Crippen LogP contribution is 2.24. The van der Waals surface area contributed by atoms with Crippen molar-refractivity contribution in [1.82, 2.24) is 10.0 Å². The van der Waals surface area contributed by atoms with Crippen molar-refractivity contribution in [2.24, 2.45) is 5.92 Å². The Morgan fingerprint density at radius 2 is 1.79 bits per heavy atom. The molecule has 0 saturated heterocycles. The number of halogens is 1. The summed E-state index contributed by atoms with van der Waals surface area (Å²) in [5.74, 6) is 0.550. The summed E-state index contributed by atoms with van der Waals surface area (Å²) in [7, 11) is -3.59. The van der Waals surface area contributed by atoms with E-state index in [2.05, 4.69) is 45.1 Å². The molecule has 0 aromatic heterocycles. The summed E-state index contributed by atoms with van der Waals surface area (Å²) in [5.41, 5.74) is 0.903. The highest BCUT2D eigenvalue weighted by Gasteiger charge is 2.17. The van der Waals surface area contributed by atoms with E-state index >= 15 is 0 Å². The van der Waals surface area contributed by atoms with Gasteiger partial charge in [-0.2, -0.15) is 0 Å². The third-order valence-electron chi connectivity index (χ3n) is 4.76. The Kier molecular flexibility index (Phi) is 10.3. The first kappa shape index (κ1) is 27.2. The Bertz CT molecular complexity index is 1070. The lowest BCUT2D eigenvalue weighted by Crippen LogP contribution is -2.34. The molecule has 0 radical (unpaired) electrons. The zero-order valence-electron chi connectivity index (χ0n) is 19.1. The van der Waals surface area contributed by atoms with Gasteiger partial charge in [0.2, 0.25) is 10.0 Å². The van der Waals surface area contributed by atoms with Crippen LogP contribution in [0.25, 0.3) is 0 Å². The molecule has 0 spiro atoms. The molecule has 0 bridgehead atoms. The molecule has 0 saturated carbocycles. The Hall–Kier alpha value is -2.01. The zero-order valence-corrected chi connectivity index (χ0v) is 22.4. The van der Waals surface area contributed by atoms with Crippen LogP contribution in [0, 0.1) is 5.92 Å². The van der Waals surface area contributed by atoms with Gasteiger partial charge in [0.25, 0.3) is 5.91 Å². The quantitative estimate of drug-likeness (QED) is 0.354. The number of ether oxygens (including phenoxy) is 1. The van der Waals surface area contributed by atoms with E-state index < -0.39 is 15.9 Å². The van der Waals surface area contributed by atoms with E-state index in [0.717, 1.165) is 10.9 Å². The summed E-state index contributed by atoms with van der Waals surface area (Å²) in [6, 6.07) is 11.2. The van der Waals surface area contributed by atoms with Gasteiger partial charge in [0.05, 0.1) is 17.1 Å². The summed E-state index contributed by atoms with van der Waals surface area (Å²) >= 11 is 8.64. The lowest BCUT2D eigenvalue weighted by molar-refractivity contribution is 0.0973. The van der Waals surface area contributed by atoms with Crippen LogP contribution in [0.15, 0.2) is 51.8 Å². The molecule has 0 aliphatic rings. The second kappa shape index (κ2) is 12.5. The monoisotopic (exact) mass is 555 g/mol. The zero-order chi connectivity index (χ0) is 24.6. The molecule has 1 atom stereocenters. The van der Waals surface area contributed by atoms with Gasteiger partial charge in [-0.25, -0.2) is 13.1 Å². The van der Waals surface area contributed by atoms with E-state index in [1.807, 2.05) is 13.0 Å². The number of carbonyl (C=O) groups is 1. The molecule has 2 rings (SSSR count). The summed E-state index contributed by atoms with van der Waals surface area (Å²) in [5, 5.41) is 5.62. The van der Waals surface area contributed by atoms with Crippen LogP contribution in [0.5, 0.6) is 5.75 Å².